The highest BCUT2D eigenvalue weighted by Gasteiger charge is 2.18. The van der Waals surface area contributed by atoms with Gasteiger partial charge in [0, 0.05) is 16.4 Å². The molecule has 0 bridgehead atoms. The summed E-state index contributed by atoms with van der Waals surface area (Å²) in [5.74, 6) is 0.881. The Morgan fingerprint density at radius 2 is 2.18 bits per heavy atom. The van der Waals surface area contributed by atoms with Crippen LogP contribution in [0.5, 0.6) is 0 Å². The average molecular weight is 245 g/mol. The maximum Gasteiger partial charge on any atom is 0.0349 e. The van der Waals surface area contributed by atoms with E-state index in [-0.39, 0.29) is 0 Å². The highest BCUT2D eigenvalue weighted by atomic mass is 32.1. The van der Waals surface area contributed by atoms with E-state index in [0.717, 1.165) is 5.92 Å². The molecule has 1 aliphatic carbocycles. The maximum atomic E-state index is 3.70. The van der Waals surface area contributed by atoms with Crippen molar-refractivity contribution in [1.29, 1.82) is 0 Å². The minimum absolute atomic E-state index is 0.676. The number of fused-ring (bicyclic) bond motifs is 1. The van der Waals surface area contributed by atoms with Gasteiger partial charge < -0.3 is 5.32 Å². The van der Waals surface area contributed by atoms with Crippen LogP contribution in [0.2, 0.25) is 0 Å². The minimum atomic E-state index is 0.676. The van der Waals surface area contributed by atoms with Crippen LogP contribution in [0.3, 0.4) is 0 Å². The largest absolute Gasteiger partial charge is 0.382 e. The van der Waals surface area contributed by atoms with Gasteiger partial charge in [0.05, 0.1) is 0 Å². The van der Waals surface area contributed by atoms with E-state index in [0.29, 0.717) is 6.04 Å². The van der Waals surface area contributed by atoms with Gasteiger partial charge in [-0.15, -0.1) is 11.3 Å². The van der Waals surface area contributed by atoms with Crippen molar-refractivity contribution >= 4 is 27.1 Å². The van der Waals surface area contributed by atoms with Gasteiger partial charge in [0.1, 0.15) is 0 Å². The van der Waals surface area contributed by atoms with Crippen molar-refractivity contribution in [2.75, 3.05) is 5.32 Å². The SMILES string of the molecule is CC1CCCC(Nc2ccc3sccc3c2)C1. The Hall–Kier alpha value is -1.02. The van der Waals surface area contributed by atoms with Crippen LogP contribution in [0.4, 0.5) is 5.69 Å². The van der Waals surface area contributed by atoms with Crippen molar-refractivity contribution in [3.63, 3.8) is 0 Å². The fourth-order valence-electron chi connectivity index (χ4n) is 2.86. The summed E-state index contributed by atoms with van der Waals surface area (Å²) >= 11 is 1.81. The number of anilines is 1. The van der Waals surface area contributed by atoms with E-state index in [1.807, 2.05) is 11.3 Å². The number of benzene rings is 1. The second-order valence-electron chi connectivity index (χ2n) is 5.29. The van der Waals surface area contributed by atoms with Crippen molar-refractivity contribution in [2.24, 2.45) is 5.92 Å². The Bertz CT molecular complexity index is 502. The van der Waals surface area contributed by atoms with Gasteiger partial charge in [-0.1, -0.05) is 19.8 Å². The van der Waals surface area contributed by atoms with Crippen molar-refractivity contribution in [2.45, 2.75) is 38.6 Å². The van der Waals surface area contributed by atoms with Gasteiger partial charge >= 0.3 is 0 Å². The molecule has 1 aliphatic rings. The van der Waals surface area contributed by atoms with Crippen molar-refractivity contribution in [3.8, 4) is 0 Å². The quantitative estimate of drug-likeness (QED) is 0.794. The summed E-state index contributed by atoms with van der Waals surface area (Å²) in [6.45, 7) is 2.37. The molecule has 2 heteroatoms. The summed E-state index contributed by atoms with van der Waals surface area (Å²) in [6.07, 6.45) is 5.43. The first-order valence-corrected chi connectivity index (χ1v) is 7.43. The third kappa shape index (κ3) is 2.47. The van der Waals surface area contributed by atoms with Crippen LogP contribution in [-0.4, -0.2) is 6.04 Å². The lowest BCUT2D eigenvalue weighted by Gasteiger charge is -2.28. The number of nitrogens with one attached hydrogen (secondary N) is 1. The van der Waals surface area contributed by atoms with Gasteiger partial charge in [-0.25, -0.2) is 0 Å². The zero-order valence-electron chi connectivity index (χ0n) is 10.3. The fourth-order valence-corrected chi connectivity index (χ4v) is 3.63. The van der Waals surface area contributed by atoms with Crippen molar-refractivity contribution in [1.82, 2.24) is 0 Å². The second kappa shape index (κ2) is 4.69. The molecular formula is C15H19NS. The predicted molar refractivity (Wildman–Crippen MR) is 76.9 cm³/mol. The molecule has 1 aromatic carbocycles. The molecule has 1 nitrogen and oxygen atoms in total. The first kappa shape index (κ1) is 11.1. The van der Waals surface area contributed by atoms with E-state index < -0.39 is 0 Å². The molecule has 1 saturated carbocycles. The molecule has 2 atom stereocenters. The molecule has 0 aliphatic heterocycles. The topological polar surface area (TPSA) is 12.0 Å². The summed E-state index contributed by atoms with van der Waals surface area (Å²) in [7, 11) is 0. The third-order valence-electron chi connectivity index (χ3n) is 3.76. The van der Waals surface area contributed by atoms with Gasteiger partial charge in [0.25, 0.3) is 0 Å². The van der Waals surface area contributed by atoms with Gasteiger partial charge in [-0.05, 0) is 53.8 Å². The van der Waals surface area contributed by atoms with E-state index in [2.05, 4.69) is 41.9 Å². The lowest BCUT2D eigenvalue weighted by Crippen LogP contribution is -2.26. The summed E-state index contributed by atoms with van der Waals surface area (Å²) in [5, 5.41) is 7.23. The van der Waals surface area contributed by atoms with Crippen LogP contribution < -0.4 is 5.32 Å². The first-order valence-electron chi connectivity index (χ1n) is 6.55. The third-order valence-corrected chi connectivity index (χ3v) is 4.66. The molecule has 17 heavy (non-hydrogen) atoms. The smallest absolute Gasteiger partial charge is 0.0349 e. The Kier molecular flexibility index (Phi) is 3.06. The zero-order chi connectivity index (χ0) is 11.7. The number of hydrogen-bond acceptors (Lipinski definition) is 2. The highest BCUT2D eigenvalue weighted by molar-refractivity contribution is 7.17. The Balaban J connectivity index is 1.75. The molecule has 1 heterocycles. The molecule has 0 saturated heterocycles. The monoisotopic (exact) mass is 245 g/mol. The average Bonchev–Trinajstić information content (AvgIpc) is 2.76. The van der Waals surface area contributed by atoms with Crippen LogP contribution in [0.15, 0.2) is 29.6 Å². The first-order chi connectivity index (χ1) is 8.31. The standard InChI is InChI=1S/C15H19NS/c1-11-3-2-4-13(9-11)16-14-5-6-15-12(10-14)7-8-17-15/h5-8,10-11,13,16H,2-4,9H2,1H3. The zero-order valence-corrected chi connectivity index (χ0v) is 11.1. The van der Waals surface area contributed by atoms with Gasteiger partial charge in [-0.3, -0.25) is 0 Å². The lowest BCUT2D eigenvalue weighted by atomic mass is 9.87. The summed E-state index contributed by atoms with van der Waals surface area (Å²) in [4.78, 5) is 0. The van der Waals surface area contributed by atoms with Crippen molar-refractivity contribution < 1.29 is 0 Å². The molecule has 1 N–H and O–H groups in total. The molecule has 90 valence electrons. The second-order valence-corrected chi connectivity index (χ2v) is 6.23. The van der Waals surface area contributed by atoms with E-state index in [1.165, 1.54) is 41.5 Å². The van der Waals surface area contributed by atoms with Crippen LogP contribution in [0, 0.1) is 5.92 Å². The minimum Gasteiger partial charge on any atom is -0.382 e. The van der Waals surface area contributed by atoms with Crippen LogP contribution >= 0.6 is 11.3 Å². The van der Waals surface area contributed by atoms with Crippen LogP contribution in [0.1, 0.15) is 32.6 Å². The number of thiophene rings is 1. The summed E-state index contributed by atoms with van der Waals surface area (Å²) in [6, 6.07) is 9.61. The molecule has 2 unspecified atom stereocenters. The molecule has 1 aromatic heterocycles. The number of hydrogen-bond donors (Lipinski definition) is 1. The molecule has 1 fully saturated rings. The van der Waals surface area contributed by atoms with E-state index in [1.54, 1.807) is 0 Å². The van der Waals surface area contributed by atoms with Gasteiger partial charge in [0.2, 0.25) is 0 Å². The maximum absolute atomic E-state index is 3.70. The molecule has 0 amide bonds. The van der Waals surface area contributed by atoms with E-state index in [4.69, 9.17) is 0 Å². The normalized spacial score (nSPS) is 25.0. The molecule has 3 rings (SSSR count). The molecule has 2 aromatic rings. The van der Waals surface area contributed by atoms with Gasteiger partial charge in [-0.2, -0.15) is 0 Å². The van der Waals surface area contributed by atoms with Gasteiger partial charge in [0.15, 0.2) is 0 Å². The predicted octanol–water partition coefficient (Wildman–Crippen LogP) is 4.89. The summed E-state index contributed by atoms with van der Waals surface area (Å²) < 4.78 is 1.38. The molecule has 0 radical (unpaired) electrons. The Morgan fingerprint density at radius 3 is 3.06 bits per heavy atom. The lowest BCUT2D eigenvalue weighted by molar-refractivity contribution is 0.358. The fraction of sp³-hybridized carbons (Fsp3) is 0.467. The Morgan fingerprint density at radius 1 is 1.24 bits per heavy atom. The Labute approximate surface area is 107 Å². The molecule has 0 spiro atoms. The van der Waals surface area contributed by atoms with E-state index >= 15 is 0 Å². The van der Waals surface area contributed by atoms with Crippen LogP contribution in [-0.2, 0) is 0 Å². The van der Waals surface area contributed by atoms with E-state index in [9.17, 15) is 0 Å². The molecular weight excluding hydrogens is 226 g/mol. The highest BCUT2D eigenvalue weighted by Crippen LogP contribution is 2.28. The van der Waals surface area contributed by atoms with Crippen LogP contribution in [0.25, 0.3) is 10.1 Å². The number of rotatable bonds is 2. The van der Waals surface area contributed by atoms with Crippen molar-refractivity contribution in [3.05, 3.63) is 29.6 Å². The summed E-state index contributed by atoms with van der Waals surface area (Å²) in [5.41, 5.74) is 1.29.